The van der Waals surface area contributed by atoms with E-state index in [2.05, 4.69) is 5.43 Å². The SMILES string of the molecule is CC(C)c1cc(NN)ccc1C(=O)O.Cl. The highest BCUT2D eigenvalue weighted by Gasteiger charge is 2.12. The summed E-state index contributed by atoms with van der Waals surface area (Å²) >= 11 is 0. The van der Waals surface area contributed by atoms with Crippen molar-refractivity contribution in [3.8, 4) is 0 Å². The van der Waals surface area contributed by atoms with E-state index in [-0.39, 0.29) is 18.3 Å². The number of aromatic carboxylic acids is 1. The summed E-state index contributed by atoms with van der Waals surface area (Å²) < 4.78 is 0. The predicted molar refractivity (Wildman–Crippen MR) is 62.5 cm³/mol. The molecule has 0 saturated heterocycles. The highest BCUT2D eigenvalue weighted by molar-refractivity contribution is 5.90. The van der Waals surface area contributed by atoms with Crippen molar-refractivity contribution in [2.45, 2.75) is 19.8 Å². The maximum absolute atomic E-state index is 10.9. The molecule has 0 aromatic heterocycles. The summed E-state index contributed by atoms with van der Waals surface area (Å²) in [6.07, 6.45) is 0. The molecule has 4 nitrogen and oxygen atoms in total. The Morgan fingerprint density at radius 2 is 2.07 bits per heavy atom. The number of carboxylic acid groups (broad SMARTS) is 1. The molecule has 0 aliphatic heterocycles. The summed E-state index contributed by atoms with van der Waals surface area (Å²) in [6, 6.07) is 4.97. The molecule has 0 fully saturated rings. The third-order valence-corrected chi connectivity index (χ3v) is 2.07. The van der Waals surface area contributed by atoms with Gasteiger partial charge in [-0.05, 0) is 29.7 Å². The van der Waals surface area contributed by atoms with E-state index in [9.17, 15) is 4.79 Å². The fourth-order valence-electron chi connectivity index (χ4n) is 1.32. The van der Waals surface area contributed by atoms with Gasteiger partial charge in [-0.2, -0.15) is 0 Å². The Balaban J connectivity index is 0.00000196. The van der Waals surface area contributed by atoms with Crippen LogP contribution in [0.25, 0.3) is 0 Å². The van der Waals surface area contributed by atoms with Crippen molar-refractivity contribution in [1.82, 2.24) is 0 Å². The Kier molecular flexibility index (Phi) is 5.11. The maximum atomic E-state index is 10.9. The largest absolute Gasteiger partial charge is 0.478 e. The molecule has 0 heterocycles. The van der Waals surface area contributed by atoms with Crippen molar-refractivity contribution < 1.29 is 9.90 Å². The van der Waals surface area contributed by atoms with Gasteiger partial charge in [0.25, 0.3) is 0 Å². The number of carbonyl (C=O) groups is 1. The van der Waals surface area contributed by atoms with Gasteiger partial charge < -0.3 is 10.5 Å². The van der Waals surface area contributed by atoms with E-state index < -0.39 is 5.97 Å². The monoisotopic (exact) mass is 230 g/mol. The standard InChI is InChI=1S/C10H14N2O2.ClH/c1-6(2)9-5-7(12-11)3-4-8(9)10(13)14;/h3-6,12H,11H2,1-2H3,(H,13,14);1H. The van der Waals surface area contributed by atoms with Crippen molar-refractivity contribution in [2.75, 3.05) is 5.43 Å². The van der Waals surface area contributed by atoms with Gasteiger partial charge in [0.05, 0.1) is 5.56 Å². The highest BCUT2D eigenvalue weighted by Crippen LogP contribution is 2.23. The molecule has 0 aliphatic carbocycles. The molecule has 0 bridgehead atoms. The normalized spacial score (nSPS) is 9.60. The molecule has 0 spiro atoms. The van der Waals surface area contributed by atoms with Crippen LogP contribution in [0, 0.1) is 0 Å². The first-order chi connectivity index (χ1) is 6.56. The molecule has 4 N–H and O–H groups in total. The molecule has 0 unspecified atom stereocenters. The summed E-state index contributed by atoms with van der Waals surface area (Å²) in [5.74, 6) is 4.50. The lowest BCUT2D eigenvalue weighted by atomic mass is 9.96. The van der Waals surface area contributed by atoms with Gasteiger partial charge in [0, 0.05) is 5.69 Å². The number of benzene rings is 1. The predicted octanol–water partition coefficient (Wildman–Crippen LogP) is 2.22. The van der Waals surface area contributed by atoms with E-state index in [1.54, 1.807) is 18.2 Å². The Morgan fingerprint density at radius 1 is 1.47 bits per heavy atom. The minimum atomic E-state index is -0.905. The maximum Gasteiger partial charge on any atom is 0.335 e. The lowest BCUT2D eigenvalue weighted by Crippen LogP contribution is -2.09. The van der Waals surface area contributed by atoms with Gasteiger partial charge in [0.15, 0.2) is 0 Å². The van der Waals surface area contributed by atoms with Crippen LogP contribution in [-0.2, 0) is 0 Å². The van der Waals surface area contributed by atoms with Crippen LogP contribution >= 0.6 is 12.4 Å². The third kappa shape index (κ3) is 3.11. The summed E-state index contributed by atoms with van der Waals surface area (Å²) in [4.78, 5) is 10.9. The van der Waals surface area contributed by atoms with E-state index in [1.165, 1.54) is 0 Å². The zero-order valence-electron chi connectivity index (χ0n) is 8.65. The average molecular weight is 231 g/mol. The lowest BCUT2D eigenvalue weighted by Gasteiger charge is -2.11. The molecular formula is C10H15ClN2O2. The summed E-state index contributed by atoms with van der Waals surface area (Å²) in [6.45, 7) is 3.89. The van der Waals surface area contributed by atoms with Gasteiger partial charge in [-0.3, -0.25) is 5.84 Å². The summed E-state index contributed by atoms with van der Waals surface area (Å²) in [5, 5.41) is 8.93. The lowest BCUT2D eigenvalue weighted by molar-refractivity contribution is 0.0695. The van der Waals surface area contributed by atoms with E-state index in [0.717, 1.165) is 11.3 Å². The van der Waals surface area contributed by atoms with E-state index in [0.29, 0.717) is 5.56 Å². The second-order valence-electron chi connectivity index (χ2n) is 3.41. The fraction of sp³-hybridized carbons (Fsp3) is 0.300. The zero-order valence-corrected chi connectivity index (χ0v) is 9.47. The molecule has 5 heteroatoms. The molecule has 1 rings (SSSR count). The molecule has 1 aromatic carbocycles. The second-order valence-corrected chi connectivity index (χ2v) is 3.41. The van der Waals surface area contributed by atoms with Crippen LogP contribution in [-0.4, -0.2) is 11.1 Å². The molecule has 0 atom stereocenters. The van der Waals surface area contributed by atoms with Gasteiger partial charge in [-0.1, -0.05) is 13.8 Å². The average Bonchev–Trinajstić information content (AvgIpc) is 2.16. The molecule has 15 heavy (non-hydrogen) atoms. The molecule has 84 valence electrons. The number of rotatable bonds is 3. The molecule has 0 amide bonds. The highest BCUT2D eigenvalue weighted by atomic mass is 35.5. The fourth-order valence-corrected chi connectivity index (χ4v) is 1.32. The number of hydrogen-bond donors (Lipinski definition) is 3. The van der Waals surface area contributed by atoms with Crippen molar-refractivity contribution in [3.05, 3.63) is 29.3 Å². The van der Waals surface area contributed by atoms with Gasteiger partial charge in [0.1, 0.15) is 0 Å². The Bertz CT molecular complexity index is 353. The number of nitrogen functional groups attached to an aromatic ring is 1. The van der Waals surface area contributed by atoms with Crippen molar-refractivity contribution in [1.29, 1.82) is 0 Å². The first kappa shape index (κ1) is 13.7. The number of nitrogens with one attached hydrogen (secondary N) is 1. The molecule has 0 saturated carbocycles. The number of nitrogens with two attached hydrogens (primary N) is 1. The number of anilines is 1. The molecule has 1 aromatic rings. The van der Waals surface area contributed by atoms with Crippen LogP contribution in [0.2, 0.25) is 0 Å². The third-order valence-electron chi connectivity index (χ3n) is 2.07. The minimum Gasteiger partial charge on any atom is -0.478 e. The summed E-state index contributed by atoms with van der Waals surface area (Å²) in [7, 11) is 0. The molecule has 0 radical (unpaired) electrons. The first-order valence-corrected chi connectivity index (χ1v) is 4.40. The van der Waals surface area contributed by atoms with E-state index in [4.69, 9.17) is 10.9 Å². The number of carboxylic acids is 1. The minimum absolute atomic E-state index is 0. The van der Waals surface area contributed by atoms with Crippen LogP contribution in [0.4, 0.5) is 5.69 Å². The second kappa shape index (κ2) is 5.58. The molecular weight excluding hydrogens is 216 g/mol. The van der Waals surface area contributed by atoms with Crippen molar-refractivity contribution in [2.24, 2.45) is 5.84 Å². The van der Waals surface area contributed by atoms with Gasteiger partial charge in [0.2, 0.25) is 0 Å². The van der Waals surface area contributed by atoms with Crippen LogP contribution in [0.1, 0.15) is 35.7 Å². The smallest absolute Gasteiger partial charge is 0.335 e. The Morgan fingerprint density at radius 3 is 2.47 bits per heavy atom. The van der Waals surface area contributed by atoms with Gasteiger partial charge >= 0.3 is 5.97 Å². The number of halogens is 1. The zero-order chi connectivity index (χ0) is 10.7. The first-order valence-electron chi connectivity index (χ1n) is 4.40. The van der Waals surface area contributed by atoms with Crippen molar-refractivity contribution in [3.63, 3.8) is 0 Å². The van der Waals surface area contributed by atoms with Crippen LogP contribution in [0.15, 0.2) is 18.2 Å². The quantitative estimate of drug-likeness (QED) is 0.550. The number of hydrogen-bond acceptors (Lipinski definition) is 3. The van der Waals surface area contributed by atoms with E-state index in [1.807, 2.05) is 13.8 Å². The van der Waals surface area contributed by atoms with Crippen molar-refractivity contribution >= 4 is 24.1 Å². The van der Waals surface area contributed by atoms with Crippen LogP contribution in [0.3, 0.4) is 0 Å². The topological polar surface area (TPSA) is 75.3 Å². The van der Waals surface area contributed by atoms with Gasteiger partial charge in [-0.25, -0.2) is 4.79 Å². The van der Waals surface area contributed by atoms with Gasteiger partial charge in [-0.15, -0.1) is 12.4 Å². The van der Waals surface area contributed by atoms with Crippen LogP contribution < -0.4 is 11.3 Å². The molecule has 0 aliphatic rings. The van der Waals surface area contributed by atoms with Crippen LogP contribution in [0.5, 0.6) is 0 Å². The number of hydrazine groups is 1. The Hall–Kier alpha value is -1.26. The summed E-state index contributed by atoms with van der Waals surface area (Å²) in [5.41, 5.74) is 4.33. The Labute approximate surface area is 94.9 Å². The van der Waals surface area contributed by atoms with E-state index >= 15 is 0 Å².